The molecule has 0 aliphatic heterocycles. The van der Waals surface area contributed by atoms with Gasteiger partial charge in [-0.05, 0) is 48.5 Å². The third-order valence-corrected chi connectivity index (χ3v) is 4.63. The van der Waals surface area contributed by atoms with Gasteiger partial charge in [-0.3, -0.25) is 4.79 Å². The molecular formula is C22H16N6O. The zero-order valence-corrected chi connectivity index (χ0v) is 15.3. The molecule has 0 aliphatic rings. The Kier molecular flexibility index (Phi) is 4.10. The number of hydrogen-bond acceptors (Lipinski definition) is 4. The summed E-state index contributed by atoms with van der Waals surface area (Å²) in [6.45, 7) is 0. The molecule has 0 saturated carbocycles. The summed E-state index contributed by atoms with van der Waals surface area (Å²) in [5, 5.41) is 7.08. The highest BCUT2D eigenvalue weighted by Gasteiger charge is 2.13. The number of aromatic nitrogens is 5. The molecule has 5 aromatic rings. The second kappa shape index (κ2) is 7.05. The van der Waals surface area contributed by atoms with Gasteiger partial charge in [0.1, 0.15) is 18.5 Å². The summed E-state index contributed by atoms with van der Waals surface area (Å²) in [5.41, 5.74) is 4.74. The minimum atomic E-state index is -0.196. The molecule has 0 atom stereocenters. The van der Waals surface area contributed by atoms with E-state index in [2.05, 4.69) is 25.4 Å². The molecule has 0 saturated heterocycles. The first-order chi connectivity index (χ1) is 14.3. The van der Waals surface area contributed by atoms with Crippen LogP contribution in [0.3, 0.4) is 0 Å². The molecule has 1 amide bonds. The van der Waals surface area contributed by atoms with Crippen molar-refractivity contribution in [3.63, 3.8) is 0 Å². The summed E-state index contributed by atoms with van der Waals surface area (Å²) >= 11 is 0. The van der Waals surface area contributed by atoms with Crippen LogP contribution in [0.2, 0.25) is 0 Å². The van der Waals surface area contributed by atoms with Gasteiger partial charge in [0.25, 0.3) is 5.91 Å². The van der Waals surface area contributed by atoms with E-state index in [0.717, 1.165) is 22.3 Å². The number of aromatic amines is 1. The average molecular weight is 380 g/mol. The summed E-state index contributed by atoms with van der Waals surface area (Å²) in [6.07, 6.45) is 3.08. The maximum Gasteiger partial charge on any atom is 0.255 e. The van der Waals surface area contributed by atoms with Crippen molar-refractivity contribution in [2.45, 2.75) is 0 Å². The van der Waals surface area contributed by atoms with Crippen LogP contribution in [0.15, 0.2) is 85.5 Å². The van der Waals surface area contributed by atoms with E-state index in [1.807, 2.05) is 60.7 Å². The topological polar surface area (TPSA) is 88.5 Å². The van der Waals surface area contributed by atoms with Crippen LogP contribution in [0.1, 0.15) is 10.4 Å². The first-order valence-electron chi connectivity index (χ1n) is 9.08. The maximum absolute atomic E-state index is 12.8. The quantitative estimate of drug-likeness (QED) is 0.492. The van der Waals surface area contributed by atoms with Crippen molar-refractivity contribution in [3.8, 4) is 17.1 Å². The van der Waals surface area contributed by atoms with Crippen molar-refractivity contribution in [2.75, 3.05) is 5.32 Å². The summed E-state index contributed by atoms with van der Waals surface area (Å²) in [4.78, 5) is 24.7. The molecule has 7 nitrogen and oxygen atoms in total. The van der Waals surface area contributed by atoms with E-state index in [4.69, 9.17) is 0 Å². The maximum atomic E-state index is 12.8. The number of nitrogens with one attached hydrogen (secondary N) is 2. The third kappa shape index (κ3) is 3.25. The smallest absolute Gasteiger partial charge is 0.255 e. The lowest BCUT2D eigenvalue weighted by molar-refractivity contribution is 0.102. The van der Waals surface area contributed by atoms with E-state index in [0.29, 0.717) is 17.1 Å². The monoisotopic (exact) mass is 380 g/mol. The van der Waals surface area contributed by atoms with Crippen LogP contribution >= 0.6 is 0 Å². The van der Waals surface area contributed by atoms with Crippen molar-refractivity contribution < 1.29 is 4.79 Å². The Morgan fingerprint density at radius 1 is 0.931 bits per heavy atom. The van der Waals surface area contributed by atoms with E-state index in [1.54, 1.807) is 23.1 Å². The lowest BCUT2D eigenvalue weighted by Crippen LogP contribution is -2.12. The van der Waals surface area contributed by atoms with Crippen LogP contribution in [0.4, 0.5) is 5.69 Å². The Bertz CT molecular complexity index is 1260. The van der Waals surface area contributed by atoms with Crippen molar-refractivity contribution in [1.82, 2.24) is 24.7 Å². The molecule has 5 rings (SSSR count). The van der Waals surface area contributed by atoms with E-state index >= 15 is 0 Å². The van der Waals surface area contributed by atoms with Crippen molar-refractivity contribution in [1.29, 1.82) is 0 Å². The summed E-state index contributed by atoms with van der Waals surface area (Å²) in [5.74, 6) is 0.516. The lowest BCUT2D eigenvalue weighted by Gasteiger charge is -2.10. The van der Waals surface area contributed by atoms with Crippen LogP contribution in [0.5, 0.6) is 0 Å². The summed E-state index contributed by atoms with van der Waals surface area (Å²) in [7, 11) is 0. The van der Waals surface area contributed by atoms with Crippen molar-refractivity contribution in [3.05, 3.63) is 91.0 Å². The van der Waals surface area contributed by atoms with Gasteiger partial charge in [-0.25, -0.2) is 14.6 Å². The fraction of sp³-hybridized carbons (Fsp3) is 0. The number of hydrogen-bond donors (Lipinski definition) is 2. The van der Waals surface area contributed by atoms with E-state index < -0.39 is 0 Å². The lowest BCUT2D eigenvalue weighted by atomic mass is 10.1. The van der Waals surface area contributed by atoms with Crippen LogP contribution in [0.25, 0.3) is 28.1 Å². The first-order valence-corrected chi connectivity index (χ1v) is 9.08. The normalized spacial score (nSPS) is 10.9. The number of carbonyl (C=O) groups is 1. The number of nitrogens with zero attached hydrogens (tertiary/aromatic N) is 4. The molecule has 0 spiro atoms. The van der Waals surface area contributed by atoms with Gasteiger partial charge in [-0.15, -0.1) is 0 Å². The average Bonchev–Trinajstić information content (AvgIpc) is 3.44. The molecule has 7 heteroatoms. The summed E-state index contributed by atoms with van der Waals surface area (Å²) in [6, 6.07) is 22.6. The molecule has 0 aliphatic carbocycles. The Labute approximate surface area is 166 Å². The van der Waals surface area contributed by atoms with Crippen molar-refractivity contribution in [2.24, 2.45) is 0 Å². The Morgan fingerprint density at radius 3 is 2.52 bits per heavy atom. The van der Waals surface area contributed by atoms with Crippen LogP contribution in [-0.2, 0) is 0 Å². The van der Waals surface area contributed by atoms with Gasteiger partial charge < -0.3 is 10.3 Å². The molecule has 29 heavy (non-hydrogen) atoms. The third-order valence-electron chi connectivity index (χ3n) is 4.63. The predicted molar refractivity (Wildman–Crippen MR) is 111 cm³/mol. The Morgan fingerprint density at radius 2 is 1.72 bits per heavy atom. The Balaban J connectivity index is 1.42. The number of carbonyl (C=O) groups excluding carboxylic acids is 1. The highest BCUT2D eigenvalue weighted by atomic mass is 16.1. The molecule has 2 N–H and O–H groups in total. The SMILES string of the molecule is O=C(Nc1ccccc1-c1nc2ccccc2[nH]1)c1ccc(-n2cncn2)cc1. The number of rotatable bonds is 4. The molecule has 2 aromatic heterocycles. The van der Waals surface area contributed by atoms with E-state index in [-0.39, 0.29) is 5.91 Å². The second-order valence-electron chi connectivity index (χ2n) is 6.49. The standard InChI is InChI=1S/C22H16N6O/c29-22(15-9-11-16(12-10-15)28-14-23-13-24-28)27-18-6-2-1-5-17(18)21-25-19-7-3-4-8-20(19)26-21/h1-14H,(H,25,26)(H,27,29). The minimum absolute atomic E-state index is 0.196. The van der Waals surface area contributed by atoms with Gasteiger partial charge in [0, 0.05) is 11.1 Å². The second-order valence-corrected chi connectivity index (χ2v) is 6.49. The number of fused-ring (bicyclic) bond motifs is 1. The fourth-order valence-corrected chi connectivity index (χ4v) is 3.18. The van der Waals surface area contributed by atoms with Gasteiger partial charge in [0.15, 0.2) is 0 Å². The van der Waals surface area contributed by atoms with Gasteiger partial charge in [-0.1, -0.05) is 24.3 Å². The largest absolute Gasteiger partial charge is 0.338 e. The van der Waals surface area contributed by atoms with Crippen LogP contribution in [-0.4, -0.2) is 30.6 Å². The zero-order chi connectivity index (χ0) is 19.6. The fourth-order valence-electron chi connectivity index (χ4n) is 3.18. The number of amides is 1. The molecule has 0 radical (unpaired) electrons. The number of benzene rings is 3. The van der Waals surface area contributed by atoms with Gasteiger partial charge in [-0.2, -0.15) is 5.10 Å². The number of H-pyrrole nitrogens is 1. The molecule has 0 bridgehead atoms. The number of imidazole rings is 1. The number of para-hydroxylation sites is 3. The highest BCUT2D eigenvalue weighted by Crippen LogP contribution is 2.28. The van der Waals surface area contributed by atoms with Gasteiger partial charge in [0.05, 0.1) is 22.4 Å². The van der Waals surface area contributed by atoms with E-state index in [1.165, 1.54) is 6.33 Å². The van der Waals surface area contributed by atoms with E-state index in [9.17, 15) is 4.79 Å². The van der Waals surface area contributed by atoms with Crippen LogP contribution in [0, 0.1) is 0 Å². The molecule has 0 unspecified atom stereocenters. The molecule has 3 aromatic carbocycles. The van der Waals surface area contributed by atoms with Crippen LogP contribution < -0.4 is 5.32 Å². The summed E-state index contributed by atoms with van der Waals surface area (Å²) < 4.78 is 1.64. The highest BCUT2D eigenvalue weighted by molar-refractivity contribution is 6.06. The predicted octanol–water partition coefficient (Wildman–Crippen LogP) is 4.06. The zero-order valence-electron chi connectivity index (χ0n) is 15.3. The number of anilines is 1. The molecule has 0 fully saturated rings. The molecule has 2 heterocycles. The van der Waals surface area contributed by atoms with Gasteiger partial charge in [0.2, 0.25) is 0 Å². The first kappa shape index (κ1) is 16.9. The van der Waals surface area contributed by atoms with Crippen molar-refractivity contribution >= 4 is 22.6 Å². The molecular weight excluding hydrogens is 364 g/mol. The minimum Gasteiger partial charge on any atom is -0.338 e. The molecule has 140 valence electrons. The van der Waals surface area contributed by atoms with Gasteiger partial charge >= 0.3 is 0 Å². The Hall–Kier alpha value is -4.26.